The van der Waals surface area contributed by atoms with Crippen LogP contribution in [0.15, 0.2) is 18.3 Å². The number of nitrogens with zero attached hydrogens (tertiary/aromatic N) is 1. The number of H-pyrrole nitrogens is 1. The van der Waals surface area contributed by atoms with Crippen LogP contribution in [0, 0.1) is 16.7 Å². The zero-order valence-corrected chi connectivity index (χ0v) is 9.12. The number of amides is 1. The quantitative estimate of drug-likeness (QED) is 0.799. The van der Waals surface area contributed by atoms with E-state index in [1.54, 1.807) is 0 Å². The van der Waals surface area contributed by atoms with Crippen LogP contribution in [-0.2, 0) is 11.2 Å². The molecule has 4 heteroatoms. The smallest absolute Gasteiger partial charge is 0.240 e. The summed E-state index contributed by atoms with van der Waals surface area (Å²) in [4.78, 5) is 14.8. The number of carbonyl (C=O) groups is 1. The Bertz CT molecular complexity index is 398. The fraction of sp³-hybridized carbons (Fsp3) is 0.500. The monoisotopic (exact) mass is 217 g/mol. The molecule has 0 atom stereocenters. The summed E-state index contributed by atoms with van der Waals surface area (Å²) in [5, 5.41) is 11.8. The third kappa shape index (κ3) is 1.94. The Morgan fingerprint density at radius 1 is 1.62 bits per heavy atom. The van der Waals surface area contributed by atoms with E-state index in [0.29, 0.717) is 19.4 Å². The van der Waals surface area contributed by atoms with Gasteiger partial charge in [-0.05, 0) is 31.4 Å². The van der Waals surface area contributed by atoms with Gasteiger partial charge in [0.25, 0.3) is 0 Å². The normalized spacial score (nSPS) is 17.2. The molecule has 1 saturated carbocycles. The first-order valence-corrected chi connectivity index (χ1v) is 5.59. The zero-order valence-electron chi connectivity index (χ0n) is 9.12. The van der Waals surface area contributed by atoms with Gasteiger partial charge < -0.3 is 10.3 Å². The third-order valence-electron chi connectivity index (χ3n) is 3.20. The van der Waals surface area contributed by atoms with Crippen LogP contribution < -0.4 is 5.32 Å². The number of hydrogen-bond donors (Lipinski definition) is 2. The van der Waals surface area contributed by atoms with Crippen LogP contribution >= 0.6 is 0 Å². The molecule has 1 aromatic heterocycles. The fourth-order valence-electron chi connectivity index (χ4n) is 1.92. The number of hydrogen-bond acceptors (Lipinski definition) is 2. The maximum absolute atomic E-state index is 11.8. The van der Waals surface area contributed by atoms with E-state index in [2.05, 4.69) is 16.4 Å². The summed E-state index contributed by atoms with van der Waals surface area (Å²) in [6, 6.07) is 6.05. The lowest BCUT2D eigenvalue weighted by Crippen LogP contribution is -2.45. The Labute approximate surface area is 94.7 Å². The summed E-state index contributed by atoms with van der Waals surface area (Å²) in [5.41, 5.74) is 0.371. The van der Waals surface area contributed by atoms with Crippen molar-refractivity contribution in [1.29, 1.82) is 5.26 Å². The van der Waals surface area contributed by atoms with Crippen LogP contribution in [0.4, 0.5) is 0 Å². The minimum absolute atomic E-state index is 0.104. The topological polar surface area (TPSA) is 68.7 Å². The van der Waals surface area contributed by atoms with Crippen LogP contribution in [0.5, 0.6) is 0 Å². The maximum atomic E-state index is 11.8. The first kappa shape index (κ1) is 10.7. The molecule has 1 aliphatic carbocycles. The van der Waals surface area contributed by atoms with E-state index < -0.39 is 5.41 Å². The summed E-state index contributed by atoms with van der Waals surface area (Å²) in [7, 11) is 0. The van der Waals surface area contributed by atoms with Crippen LogP contribution in [0.1, 0.15) is 25.0 Å². The molecule has 0 unspecified atom stereocenters. The van der Waals surface area contributed by atoms with Crippen molar-refractivity contribution in [3.63, 3.8) is 0 Å². The average molecular weight is 217 g/mol. The van der Waals surface area contributed by atoms with Gasteiger partial charge in [-0.15, -0.1) is 0 Å². The van der Waals surface area contributed by atoms with E-state index in [-0.39, 0.29) is 5.91 Å². The Morgan fingerprint density at radius 2 is 2.44 bits per heavy atom. The molecule has 0 bridgehead atoms. The molecule has 0 saturated heterocycles. The van der Waals surface area contributed by atoms with Crippen molar-refractivity contribution >= 4 is 5.91 Å². The van der Waals surface area contributed by atoms with Gasteiger partial charge in [-0.3, -0.25) is 4.79 Å². The second-order valence-electron chi connectivity index (χ2n) is 4.25. The van der Waals surface area contributed by atoms with Crippen LogP contribution in [0.25, 0.3) is 0 Å². The van der Waals surface area contributed by atoms with E-state index >= 15 is 0 Å². The molecule has 2 rings (SSSR count). The molecular weight excluding hydrogens is 202 g/mol. The molecule has 0 aliphatic heterocycles. The largest absolute Gasteiger partial charge is 0.365 e. The van der Waals surface area contributed by atoms with Gasteiger partial charge in [-0.2, -0.15) is 5.26 Å². The summed E-state index contributed by atoms with van der Waals surface area (Å²) in [5.74, 6) is -0.104. The van der Waals surface area contributed by atoms with E-state index in [0.717, 1.165) is 18.5 Å². The van der Waals surface area contributed by atoms with Crippen LogP contribution in [0.3, 0.4) is 0 Å². The molecule has 16 heavy (non-hydrogen) atoms. The molecule has 1 aliphatic rings. The molecule has 0 radical (unpaired) electrons. The van der Waals surface area contributed by atoms with Gasteiger partial charge in [0.05, 0.1) is 6.07 Å². The van der Waals surface area contributed by atoms with Crippen molar-refractivity contribution < 1.29 is 4.79 Å². The zero-order chi connectivity index (χ0) is 11.4. The van der Waals surface area contributed by atoms with Crippen LogP contribution in [-0.4, -0.2) is 17.4 Å². The highest BCUT2D eigenvalue weighted by molar-refractivity contribution is 5.86. The minimum atomic E-state index is -0.726. The van der Waals surface area contributed by atoms with E-state index in [4.69, 9.17) is 5.26 Å². The molecule has 1 heterocycles. The standard InChI is InChI=1S/C12H15N3O/c13-9-12(5-2-6-12)11(16)15-8-4-10-3-1-7-14-10/h1,3,7,14H,2,4-6,8H2,(H,15,16). The lowest BCUT2D eigenvalue weighted by molar-refractivity contribution is -0.131. The van der Waals surface area contributed by atoms with Crippen LogP contribution in [0.2, 0.25) is 0 Å². The van der Waals surface area contributed by atoms with Gasteiger partial charge in [0.1, 0.15) is 5.41 Å². The molecule has 1 aromatic rings. The third-order valence-corrected chi connectivity index (χ3v) is 3.20. The van der Waals surface area contributed by atoms with Crippen molar-refractivity contribution in [3.8, 4) is 6.07 Å². The Balaban J connectivity index is 1.78. The Kier molecular flexibility index (Phi) is 2.95. The lowest BCUT2D eigenvalue weighted by atomic mass is 9.69. The van der Waals surface area contributed by atoms with E-state index in [9.17, 15) is 4.79 Å². The number of nitriles is 1. The van der Waals surface area contributed by atoms with E-state index in [1.165, 1.54) is 0 Å². The van der Waals surface area contributed by atoms with Gasteiger partial charge in [0.2, 0.25) is 5.91 Å². The van der Waals surface area contributed by atoms with Crippen molar-refractivity contribution in [1.82, 2.24) is 10.3 Å². The van der Waals surface area contributed by atoms with Gasteiger partial charge in [0, 0.05) is 24.9 Å². The van der Waals surface area contributed by atoms with Crippen molar-refractivity contribution in [3.05, 3.63) is 24.0 Å². The lowest BCUT2D eigenvalue weighted by Gasteiger charge is -2.33. The highest BCUT2D eigenvalue weighted by atomic mass is 16.2. The average Bonchev–Trinajstić information content (AvgIpc) is 2.70. The summed E-state index contributed by atoms with van der Waals surface area (Å²) in [6.07, 6.45) is 5.04. The molecule has 4 nitrogen and oxygen atoms in total. The molecular formula is C12H15N3O. The number of nitrogens with one attached hydrogen (secondary N) is 2. The predicted molar refractivity (Wildman–Crippen MR) is 59.4 cm³/mol. The first-order chi connectivity index (χ1) is 7.77. The number of rotatable bonds is 4. The second-order valence-corrected chi connectivity index (χ2v) is 4.25. The number of carbonyl (C=O) groups excluding carboxylic acids is 1. The Morgan fingerprint density at radius 3 is 2.94 bits per heavy atom. The molecule has 0 aromatic carbocycles. The SMILES string of the molecule is N#CC1(C(=O)NCCc2ccc[nH]2)CCC1. The highest BCUT2D eigenvalue weighted by Gasteiger charge is 2.44. The molecule has 2 N–H and O–H groups in total. The number of aromatic amines is 1. The van der Waals surface area contributed by atoms with Crippen molar-refractivity contribution in [2.45, 2.75) is 25.7 Å². The Hall–Kier alpha value is -1.76. The molecule has 0 spiro atoms. The fourth-order valence-corrected chi connectivity index (χ4v) is 1.92. The number of aromatic nitrogens is 1. The van der Waals surface area contributed by atoms with Gasteiger partial charge >= 0.3 is 0 Å². The van der Waals surface area contributed by atoms with Gasteiger partial charge in [-0.25, -0.2) is 0 Å². The summed E-state index contributed by atoms with van der Waals surface area (Å²) >= 11 is 0. The predicted octanol–water partition coefficient (Wildman–Crippen LogP) is 1.37. The highest BCUT2D eigenvalue weighted by Crippen LogP contribution is 2.40. The first-order valence-electron chi connectivity index (χ1n) is 5.59. The molecule has 1 fully saturated rings. The van der Waals surface area contributed by atoms with Crippen molar-refractivity contribution in [2.24, 2.45) is 5.41 Å². The van der Waals surface area contributed by atoms with Gasteiger partial charge in [0.15, 0.2) is 0 Å². The summed E-state index contributed by atoms with van der Waals surface area (Å²) < 4.78 is 0. The molecule has 1 amide bonds. The maximum Gasteiger partial charge on any atom is 0.240 e. The minimum Gasteiger partial charge on any atom is -0.365 e. The molecule has 84 valence electrons. The summed E-state index contributed by atoms with van der Waals surface area (Å²) in [6.45, 7) is 0.586. The second kappa shape index (κ2) is 4.40. The van der Waals surface area contributed by atoms with Crippen molar-refractivity contribution in [2.75, 3.05) is 6.54 Å². The van der Waals surface area contributed by atoms with E-state index in [1.807, 2.05) is 18.3 Å². The van der Waals surface area contributed by atoms with Gasteiger partial charge in [-0.1, -0.05) is 0 Å².